The van der Waals surface area contributed by atoms with Crippen molar-refractivity contribution >= 4 is 23.4 Å². The SMILES string of the molecule is Cc1nn(C)c(C)c1CC(=O)NNC(=O)c1ccccc1Cl. The van der Waals surface area contributed by atoms with Crippen molar-refractivity contribution in [3.05, 3.63) is 51.8 Å². The van der Waals surface area contributed by atoms with Gasteiger partial charge in [-0.05, 0) is 26.0 Å². The van der Waals surface area contributed by atoms with Gasteiger partial charge < -0.3 is 0 Å². The summed E-state index contributed by atoms with van der Waals surface area (Å²) in [6.45, 7) is 3.74. The van der Waals surface area contributed by atoms with Crippen molar-refractivity contribution in [1.82, 2.24) is 20.6 Å². The van der Waals surface area contributed by atoms with Gasteiger partial charge in [0, 0.05) is 18.3 Å². The van der Waals surface area contributed by atoms with Gasteiger partial charge in [0.25, 0.3) is 5.91 Å². The molecular weight excluding hydrogens is 304 g/mol. The number of nitrogens with one attached hydrogen (secondary N) is 2. The van der Waals surface area contributed by atoms with E-state index in [2.05, 4.69) is 16.0 Å². The van der Waals surface area contributed by atoms with Crippen molar-refractivity contribution in [2.24, 2.45) is 7.05 Å². The first-order chi connectivity index (χ1) is 10.4. The van der Waals surface area contributed by atoms with Crippen LogP contribution in [0.15, 0.2) is 24.3 Å². The van der Waals surface area contributed by atoms with Crippen LogP contribution in [0.1, 0.15) is 27.3 Å². The Morgan fingerprint density at radius 3 is 2.50 bits per heavy atom. The van der Waals surface area contributed by atoms with E-state index in [9.17, 15) is 9.59 Å². The topological polar surface area (TPSA) is 76.0 Å². The van der Waals surface area contributed by atoms with E-state index in [4.69, 9.17) is 11.6 Å². The zero-order valence-corrected chi connectivity index (χ0v) is 13.4. The Kier molecular flexibility index (Phi) is 4.82. The summed E-state index contributed by atoms with van der Waals surface area (Å²) in [5.74, 6) is -0.779. The highest BCUT2D eigenvalue weighted by molar-refractivity contribution is 6.33. The van der Waals surface area contributed by atoms with E-state index in [1.807, 2.05) is 20.9 Å². The lowest BCUT2D eigenvalue weighted by molar-refractivity contribution is -0.121. The maximum Gasteiger partial charge on any atom is 0.271 e. The van der Waals surface area contributed by atoms with Crippen LogP contribution in [0.25, 0.3) is 0 Å². The summed E-state index contributed by atoms with van der Waals surface area (Å²) in [7, 11) is 1.82. The summed E-state index contributed by atoms with van der Waals surface area (Å²) in [5, 5.41) is 4.58. The van der Waals surface area contributed by atoms with Gasteiger partial charge in [0.2, 0.25) is 5.91 Å². The van der Waals surface area contributed by atoms with Crippen molar-refractivity contribution in [2.45, 2.75) is 20.3 Å². The Labute approximate surface area is 133 Å². The number of aromatic nitrogens is 2. The zero-order valence-electron chi connectivity index (χ0n) is 12.6. The van der Waals surface area contributed by atoms with Crippen LogP contribution >= 0.6 is 11.6 Å². The fourth-order valence-corrected chi connectivity index (χ4v) is 2.34. The standard InChI is InChI=1S/C15H17ClN4O2/c1-9-12(10(2)20(3)19-9)8-14(21)17-18-15(22)11-6-4-5-7-13(11)16/h4-7H,8H2,1-3H3,(H,17,21)(H,18,22). The maximum atomic E-state index is 12.0. The molecule has 2 N–H and O–H groups in total. The van der Waals surface area contributed by atoms with Crippen molar-refractivity contribution in [2.75, 3.05) is 0 Å². The fraction of sp³-hybridized carbons (Fsp3) is 0.267. The minimum Gasteiger partial charge on any atom is -0.273 e. The summed E-state index contributed by atoms with van der Waals surface area (Å²) in [5.41, 5.74) is 7.62. The number of hydrogen-bond donors (Lipinski definition) is 2. The van der Waals surface area contributed by atoms with Crippen LogP contribution < -0.4 is 10.9 Å². The summed E-state index contributed by atoms with van der Waals surface area (Å²) < 4.78 is 1.72. The van der Waals surface area contributed by atoms with Gasteiger partial charge in [0.15, 0.2) is 0 Å². The largest absolute Gasteiger partial charge is 0.273 e. The molecule has 1 aromatic carbocycles. The molecule has 0 radical (unpaired) electrons. The van der Waals surface area contributed by atoms with Crippen molar-refractivity contribution in [1.29, 1.82) is 0 Å². The third-order valence-electron chi connectivity index (χ3n) is 3.43. The maximum absolute atomic E-state index is 12.0. The van der Waals surface area contributed by atoms with Gasteiger partial charge in [-0.25, -0.2) is 0 Å². The van der Waals surface area contributed by atoms with Crippen molar-refractivity contribution in [3.63, 3.8) is 0 Å². The lowest BCUT2D eigenvalue weighted by Gasteiger charge is -2.08. The molecule has 0 saturated carbocycles. The lowest BCUT2D eigenvalue weighted by Crippen LogP contribution is -2.42. The van der Waals surface area contributed by atoms with Gasteiger partial charge in [-0.3, -0.25) is 25.1 Å². The highest BCUT2D eigenvalue weighted by Gasteiger charge is 2.15. The number of hydrogen-bond acceptors (Lipinski definition) is 3. The molecule has 116 valence electrons. The van der Waals surface area contributed by atoms with Gasteiger partial charge in [-0.2, -0.15) is 5.10 Å². The predicted molar refractivity (Wildman–Crippen MR) is 83.4 cm³/mol. The van der Waals surface area contributed by atoms with E-state index in [1.165, 1.54) is 0 Å². The van der Waals surface area contributed by atoms with Crippen molar-refractivity contribution in [3.8, 4) is 0 Å². The average molecular weight is 321 g/mol. The fourth-order valence-electron chi connectivity index (χ4n) is 2.12. The predicted octanol–water partition coefficient (Wildman–Crippen LogP) is 1.69. The molecule has 2 rings (SSSR count). The van der Waals surface area contributed by atoms with Crippen molar-refractivity contribution < 1.29 is 9.59 Å². The number of amides is 2. The Morgan fingerprint density at radius 1 is 1.23 bits per heavy atom. The van der Waals surface area contributed by atoms with Crippen LogP contribution in [0.3, 0.4) is 0 Å². The van der Waals surface area contributed by atoms with E-state index in [-0.39, 0.29) is 12.3 Å². The van der Waals surface area contributed by atoms with E-state index in [0.717, 1.165) is 17.0 Å². The van der Waals surface area contributed by atoms with Gasteiger partial charge in [-0.1, -0.05) is 23.7 Å². The molecule has 7 heteroatoms. The van der Waals surface area contributed by atoms with E-state index >= 15 is 0 Å². The highest BCUT2D eigenvalue weighted by Crippen LogP contribution is 2.14. The Bertz CT molecular complexity index is 724. The van der Waals surface area contributed by atoms with E-state index < -0.39 is 5.91 Å². The number of nitrogens with zero attached hydrogens (tertiary/aromatic N) is 2. The first kappa shape index (κ1) is 16.0. The number of halogens is 1. The monoisotopic (exact) mass is 320 g/mol. The number of carbonyl (C=O) groups excluding carboxylic acids is 2. The van der Waals surface area contributed by atoms with Crippen LogP contribution in [0.2, 0.25) is 5.02 Å². The molecule has 0 spiro atoms. The molecule has 2 amide bonds. The summed E-state index contributed by atoms with van der Waals surface area (Å²) in [6.07, 6.45) is 0.147. The van der Waals surface area contributed by atoms with Gasteiger partial charge in [-0.15, -0.1) is 0 Å². The third kappa shape index (κ3) is 3.46. The second-order valence-corrected chi connectivity index (χ2v) is 5.34. The molecule has 1 heterocycles. The Balaban J connectivity index is 1.96. The second kappa shape index (κ2) is 6.62. The van der Waals surface area contributed by atoms with Crippen LogP contribution in [0, 0.1) is 13.8 Å². The van der Waals surface area contributed by atoms with Gasteiger partial charge in [0.05, 0.1) is 22.7 Å². The molecule has 0 aliphatic rings. The molecular formula is C15H17ClN4O2. The molecule has 0 aliphatic heterocycles. The van der Waals surface area contributed by atoms with Crippen LogP contribution in [-0.2, 0) is 18.3 Å². The molecule has 0 aliphatic carbocycles. The summed E-state index contributed by atoms with van der Waals surface area (Å²) in [6, 6.07) is 6.62. The molecule has 0 bridgehead atoms. The molecule has 22 heavy (non-hydrogen) atoms. The quantitative estimate of drug-likeness (QED) is 0.845. The zero-order chi connectivity index (χ0) is 16.3. The van der Waals surface area contributed by atoms with Crippen LogP contribution in [0.5, 0.6) is 0 Å². The van der Waals surface area contributed by atoms with E-state index in [0.29, 0.717) is 10.6 Å². The number of carbonyl (C=O) groups is 2. The van der Waals surface area contributed by atoms with E-state index in [1.54, 1.807) is 28.9 Å². The molecule has 6 nitrogen and oxygen atoms in total. The normalized spacial score (nSPS) is 10.4. The summed E-state index contributed by atoms with van der Waals surface area (Å²) >= 11 is 5.92. The Hall–Kier alpha value is -2.34. The number of benzene rings is 1. The lowest BCUT2D eigenvalue weighted by atomic mass is 10.1. The molecule has 0 atom stereocenters. The van der Waals surface area contributed by atoms with Gasteiger partial charge in [0.1, 0.15) is 0 Å². The first-order valence-electron chi connectivity index (χ1n) is 6.73. The molecule has 0 unspecified atom stereocenters. The summed E-state index contributed by atoms with van der Waals surface area (Å²) in [4.78, 5) is 23.9. The van der Waals surface area contributed by atoms with Crippen LogP contribution in [-0.4, -0.2) is 21.6 Å². The molecule has 0 saturated heterocycles. The Morgan fingerprint density at radius 2 is 1.91 bits per heavy atom. The minimum absolute atomic E-state index is 0.147. The smallest absolute Gasteiger partial charge is 0.271 e. The molecule has 2 aromatic rings. The first-order valence-corrected chi connectivity index (χ1v) is 7.10. The average Bonchev–Trinajstić information content (AvgIpc) is 2.72. The minimum atomic E-state index is -0.460. The second-order valence-electron chi connectivity index (χ2n) is 4.93. The molecule has 1 aromatic heterocycles. The molecule has 0 fully saturated rings. The number of hydrazine groups is 1. The number of rotatable bonds is 3. The van der Waals surface area contributed by atoms with Gasteiger partial charge >= 0.3 is 0 Å². The highest BCUT2D eigenvalue weighted by atomic mass is 35.5. The van der Waals surface area contributed by atoms with Crippen LogP contribution in [0.4, 0.5) is 0 Å². The third-order valence-corrected chi connectivity index (χ3v) is 3.76. The number of aryl methyl sites for hydroxylation is 2.